The summed E-state index contributed by atoms with van der Waals surface area (Å²) in [6.45, 7) is 5.75. The van der Waals surface area contributed by atoms with Gasteiger partial charge in [0.2, 0.25) is 0 Å². The van der Waals surface area contributed by atoms with Crippen molar-refractivity contribution in [3.63, 3.8) is 0 Å². The molecule has 3 aromatic rings. The van der Waals surface area contributed by atoms with Crippen molar-refractivity contribution in [3.8, 4) is 0 Å². The third-order valence-electron chi connectivity index (χ3n) is 4.22. The minimum Gasteiger partial charge on any atom is -0.383 e. The van der Waals surface area contributed by atoms with Crippen LogP contribution in [0, 0.1) is 0 Å². The number of hydrogen-bond acceptors (Lipinski definition) is 8. The summed E-state index contributed by atoms with van der Waals surface area (Å²) < 4.78 is 6.33. The average molecular weight is 401 g/mol. The van der Waals surface area contributed by atoms with Crippen LogP contribution in [0.25, 0.3) is 11.0 Å². The van der Waals surface area contributed by atoms with Gasteiger partial charge in [-0.1, -0.05) is 12.1 Å². The van der Waals surface area contributed by atoms with Gasteiger partial charge in [-0.25, -0.2) is 9.97 Å². The minimum absolute atomic E-state index is 0.219. The van der Waals surface area contributed by atoms with E-state index in [0.717, 1.165) is 0 Å². The summed E-state index contributed by atoms with van der Waals surface area (Å²) in [6, 6.07) is 6.45. The Balaban J connectivity index is 1.85. The summed E-state index contributed by atoms with van der Waals surface area (Å²) in [5.74, 6) is -0.153. The molecule has 2 aromatic heterocycles. The third kappa shape index (κ3) is 4.69. The number of nitrogens with two attached hydrogens (primary N) is 1. The van der Waals surface area contributed by atoms with Crippen LogP contribution in [0.1, 0.15) is 36.7 Å². The molecule has 0 radical (unpaired) electrons. The number of carbonyl (C=O) groups is 1. The van der Waals surface area contributed by atoms with Crippen LogP contribution in [-0.2, 0) is 16.9 Å². The maximum Gasteiger partial charge on any atom is 0.405 e. The summed E-state index contributed by atoms with van der Waals surface area (Å²) in [4.78, 5) is 21.2. The first kappa shape index (κ1) is 20.7. The number of aromatic nitrogens is 3. The number of fused-ring (bicyclic) bond motifs is 1. The highest BCUT2D eigenvalue weighted by Gasteiger charge is 2.24. The zero-order chi connectivity index (χ0) is 21.4. The SMILES string of the molecule is CC(C)(C)n1cc(C(=O)Nc2ccc(COC(O)(O)O)cc2)c2c(N)ncnc21. The molecule has 0 fully saturated rings. The van der Waals surface area contributed by atoms with E-state index in [1.807, 2.05) is 25.3 Å². The number of nitrogen functional groups attached to an aromatic ring is 1. The van der Waals surface area contributed by atoms with E-state index in [1.165, 1.54) is 6.33 Å². The number of rotatable bonds is 5. The van der Waals surface area contributed by atoms with Crippen molar-refractivity contribution in [3.05, 3.63) is 47.9 Å². The van der Waals surface area contributed by atoms with Crippen LogP contribution in [0.4, 0.5) is 11.5 Å². The highest BCUT2D eigenvalue weighted by atomic mass is 16.9. The van der Waals surface area contributed by atoms with Gasteiger partial charge in [-0.15, -0.1) is 0 Å². The van der Waals surface area contributed by atoms with E-state index in [0.29, 0.717) is 27.8 Å². The Kier molecular flexibility index (Phi) is 5.28. The number of benzene rings is 1. The predicted octanol–water partition coefficient (Wildman–Crippen LogP) is 1.13. The van der Waals surface area contributed by atoms with Crippen LogP contribution >= 0.6 is 0 Å². The molecule has 0 spiro atoms. The van der Waals surface area contributed by atoms with E-state index >= 15 is 0 Å². The number of amides is 1. The highest BCUT2D eigenvalue weighted by Crippen LogP contribution is 2.29. The number of ether oxygens (including phenoxy) is 1. The molecule has 0 atom stereocenters. The molecule has 29 heavy (non-hydrogen) atoms. The molecule has 0 aliphatic rings. The number of nitrogens with zero attached hydrogens (tertiary/aromatic N) is 3. The molecule has 0 saturated heterocycles. The Morgan fingerprint density at radius 2 is 1.83 bits per heavy atom. The van der Waals surface area contributed by atoms with Gasteiger partial charge in [0.25, 0.3) is 5.91 Å². The van der Waals surface area contributed by atoms with Gasteiger partial charge < -0.3 is 30.9 Å². The molecular weight excluding hydrogens is 378 g/mol. The molecule has 0 aliphatic carbocycles. The normalized spacial score (nSPS) is 12.3. The van der Waals surface area contributed by atoms with E-state index < -0.39 is 6.16 Å². The summed E-state index contributed by atoms with van der Waals surface area (Å²) in [7, 11) is 0. The predicted molar refractivity (Wildman–Crippen MR) is 106 cm³/mol. The first-order chi connectivity index (χ1) is 13.5. The zero-order valence-corrected chi connectivity index (χ0v) is 16.2. The Morgan fingerprint density at radius 3 is 2.41 bits per heavy atom. The van der Waals surface area contributed by atoms with E-state index in [1.54, 1.807) is 30.5 Å². The third-order valence-corrected chi connectivity index (χ3v) is 4.22. The Labute approximate surface area is 166 Å². The van der Waals surface area contributed by atoms with Crippen molar-refractivity contribution < 1.29 is 24.9 Å². The standard InChI is InChI=1S/C19H23N5O5/c1-18(2,3)24-8-13(14-15(20)21-10-22-16(14)24)17(25)23-12-6-4-11(5-7-12)9-29-19(26,27)28/h4-8,10,26-28H,9H2,1-3H3,(H,23,25)(H2,20,21,22). The zero-order valence-electron chi connectivity index (χ0n) is 16.2. The van der Waals surface area contributed by atoms with E-state index in [4.69, 9.17) is 21.1 Å². The molecule has 154 valence electrons. The summed E-state index contributed by atoms with van der Waals surface area (Å²) >= 11 is 0. The fourth-order valence-electron chi connectivity index (χ4n) is 2.83. The molecule has 0 bridgehead atoms. The second-order valence-electron chi connectivity index (χ2n) is 7.55. The van der Waals surface area contributed by atoms with Crippen LogP contribution in [0.15, 0.2) is 36.8 Å². The van der Waals surface area contributed by atoms with Crippen LogP contribution in [0.2, 0.25) is 0 Å². The van der Waals surface area contributed by atoms with Gasteiger partial charge in [-0.05, 0) is 38.5 Å². The fraction of sp³-hybridized carbons (Fsp3) is 0.316. The van der Waals surface area contributed by atoms with Gasteiger partial charge in [0, 0.05) is 17.4 Å². The van der Waals surface area contributed by atoms with Gasteiger partial charge in [0.05, 0.1) is 17.6 Å². The molecular formula is C19H23N5O5. The van der Waals surface area contributed by atoms with Gasteiger partial charge in [0.15, 0.2) is 0 Å². The lowest BCUT2D eigenvalue weighted by Gasteiger charge is -2.21. The highest BCUT2D eigenvalue weighted by molar-refractivity contribution is 6.14. The van der Waals surface area contributed by atoms with Crippen molar-refractivity contribution in [2.45, 2.75) is 39.1 Å². The number of nitrogens with one attached hydrogen (secondary N) is 1. The van der Waals surface area contributed by atoms with Crippen LogP contribution in [0.3, 0.4) is 0 Å². The monoisotopic (exact) mass is 401 g/mol. The summed E-state index contributed by atoms with van der Waals surface area (Å²) in [6.07, 6.45) is -0.130. The second kappa shape index (κ2) is 7.41. The smallest absolute Gasteiger partial charge is 0.383 e. The number of aliphatic hydroxyl groups is 3. The molecule has 10 nitrogen and oxygen atoms in total. The molecule has 0 aliphatic heterocycles. The van der Waals surface area contributed by atoms with E-state index in [-0.39, 0.29) is 23.9 Å². The maximum absolute atomic E-state index is 12.9. The Bertz CT molecular complexity index is 1030. The Morgan fingerprint density at radius 1 is 1.17 bits per heavy atom. The van der Waals surface area contributed by atoms with Crippen LogP contribution in [-0.4, -0.2) is 41.9 Å². The van der Waals surface area contributed by atoms with Crippen molar-refractivity contribution in [2.75, 3.05) is 11.1 Å². The van der Waals surface area contributed by atoms with Crippen molar-refractivity contribution in [1.82, 2.24) is 14.5 Å². The number of hydrogen-bond donors (Lipinski definition) is 5. The topological polar surface area (TPSA) is 156 Å². The van der Waals surface area contributed by atoms with Crippen molar-refractivity contribution in [2.24, 2.45) is 0 Å². The quantitative estimate of drug-likeness (QED) is 0.398. The molecule has 0 saturated carbocycles. The van der Waals surface area contributed by atoms with Crippen LogP contribution < -0.4 is 11.1 Å². The first-order valence-corrected chi connectivity index (χ1v) is 8.79. The van der Waals surface area contributed by atoms with Crippen molar-refractivity contribution in [1.29, 1.82) is 0 Å². The lowest BCUT2D eigenvalue weighted by Crippen LogP contribution is -2.30. The van der Waals surface area contributed by atoms with Crippen LogP contribution in [0.5, 0.6) is 0 Å². The van der Waals surface area contributed by atoms with E-state index in [9.17, 15) is 4.79 Å². The average Bonchev–Trinajstić information content (AvgIpc) is 3.02. The maximum atomic E-state index is 12.9. The lowest BCUT2D eigenvalue weighted by atomic mass is 10.1. The first-order valence-electron chi connectivity index (χ1n) is 8.79. The lowest BCUT2D eigenvalue weighted by molar-refractivity contribution is -0.458. The van der Waals surface area contributed by atoms with E-state index in [2.05, 4.69) is 20.0 Å². The molecule has 0 unspecified atom stereocenters. The second-order valence-corrected chi connectivity index (χ2v) is 7.55. The summed E-state index contributed by atoms with van der Waals surface area (Å²) in [5.41, 5.74) is 7.69. The molecule has 1 amide bonds. The van der Waals surface area contributed by atoms with Gasteiger partial charge in [-0.3, -0.25) is 9.53 Å². The number of carbonyl (C=O) groups excluding carboxylic acids is 1. The minimum atomic E-state index is -3.20. The van der Waals surface area contributed by atoms with Gasteiger partial charge in [-0.2, -0.15) is 0 Å². The van der Waals surface area contributed by atoms with Gasteiger partial charge in [0.1, 0.15) is 17.8 Å². The largest absolute Gasteiger partial charge is 0.405 e. The molecule has 3 rings (SSSR count). The molecule has 10 heteroatoms. The molecule has 6 N–H and O–H groups in total. The Hall–Kier alpha value is -3.05. The molecule has 2 heterocycles. The summed E-state index contributed by atoms with van der Waals surface area (Å²) in [5, 5.41) is 29.5. The van der Waals surface area contributed by atoms with Crippen molar-refractivity contribution >= 4 is 28.4 Å². The van der Waals surface area contributed by atoms with Gasteiger partial charge >= 0.3 is 6.16 Å². The number of anilines is 2. The molecule has 1 aromatic carbocycles. The fourth-order valence-corrected chi connectivity index (χ4v) is 2.83.